The maximum atomic E-state index is 12.4. The third kappa shape index (κ3) is 5.07. The van der Waals surface area contributed by atoms with Crippen molar-refractivity contribution in [2.24, 2.45) is 0 Å². The second-order valence-electron chi connectivity index (χ2n) is 6.29. The minimum atomic E-state index is -0.179. The molecule has 0 radical (unpaired) electrons. The number of hydrogen-bond acceptors (Lipinski definition) is 7. The number of hydrogen-bond donors (Lipinski definition) is 1. The smallest absolute Gasteiger partial charge is 0.236 e. The molecule has 0 aliphatic carbocycles. The van der Waals surface area contributed by atoms with Crippen LogP contribution >= 0.6 is 46.3 Å². The molecule has 1 amide bonds. The van der Waals surface area contributed by atoms with Crippen molar-refractivity contribution in [3.63, 3.8) is 0 Å². The summed E-state index contributed by atoms with van der Waals surface area (Å²) < 4.78 is 1.96. The summed E-state index contributed by atoms with van der Waals surface area (Å²) in [6.07, 6.45) is 3.45. The molecule has 0 atom stereocenters. The van der Waals surface area contributed by atoms with Gasteiger partial charge in [0.05, 0.1) is 16.5 Å². The Morgan fingerprint density at radius 2 is 2.13 bits per heavy atom. The lowest BCUT2D eigenvalue weighted by Gasteiger charge is -2.07. The largest absolute Gasteiger partial charge is 0.302 e. The molecule has 1 aromatic carbocycles. The predicted molar refractivity (Wildman–Crippen MR) is 126 cm³/mol. The van der Waals surface area contributed by atoms with Gasteiger partial charge in [0.15, 0.2) is 16.1 Å². The minimum absolute atomic E-state index is 0.179. The Hall–Kier alpha value is -2.46. The van der Waals surface area contributed by atoms with Crippen molar-refractivity contribution in [3.05, 3.63) is 58.2 Å². The van der Waals surface area contributed by atoms with Crippen molar-refractivity contribution in [3.8, 4) is 22.6 Å². The SMILES string of the molecule is CCn1c(SCC(=O)Nc2nc(-c3ccc(Cl)cc3Cl)cs2)nnc1-c1cccnc1. The van der Waals surface area contributed by atoms with Crippen LogP contribution in [0.3, 0.4) is 0 Å². The van der Waals surface area contributed by atoms with Crippen molar-refractivity contribution in [2.45, 2.75) is 18.6 Å². The normalized spacial score (nSPS) is 10.9. The number of nitrogens with one attached hydrogen (secondary N) is 1. The van der Waals surface area contributed by atoms with Gasteiger partial charge in [-0.2, -0.15) is 0 Å². The summed E-state index contributed by atoms with van der Waals surface area (Å²) in [5, 5.41) is 15.4. The van der Waals surface area contributed by atoms with Crippen LogP contribution in [0.15, 0.2) is 53.3 Å². The summed E-state index contributed by atoms with van der Waals surface area (Å²) in [7, 11) is 0. The van der Waals surface area contributed by atoms with Gasteiger partial charge in [0, 0.05) is 40.5 Å². The van der Waals surface area contributed by atoms with E-state index in [0.717, 1.165) is 17.0 Å². The first-order chi connectivity index (χ1) is 15.0. The summed E-state index contributed by atoms with van der Waals surface area (Å²) in [6, 6.07) is 9.00. The number of thiazole rings is 1. The van der Waals surface area contributed by atoms with Crippen LogP contribution in [0.2, 0.25) is 10.0 Å². The summed E-state index contributed by atoms with van der Waals surface area (Å²) in [6.45, 7) is 2.69. The molecule has 3 aromatic heterocycles. The van der Waals surface area contributed by atoms with Gasteiger partial charge in [0.2, 0.25) is 5.91 Å². The monoisotopic (exact) mass is 490 g/mol. The number of halogens is 2. The second-order valence-corrected chi connectivity index (χ2v) is 8.94. The summed E-state index contributed by atoms with van der Waals surface area (Å²) in [4.78, 5) is 21.0. The highest BCUT2D eigenvalue weighted by Crippen LogP contribution is 2.32. The molecule has 0 saturated heterocycles. The molecule has 4 aromatic rings. The van der Waals surface area contributed by atoms with E-state index in [1.54, 1.807) is 30.6 Å². The van der Waals surface area contributed by atoms with Gasteiger partial charge in [0.1, 0.15) is 0 Å². The Bertz CT molecular complexity index is 1210. The average molecular weight is 491 g/mol. The van der Waals surface area contributed by atoms with Crippen LogP contribution in [0.4, 0.5) is 5.13 Å². The lowest BCUT2D eigenvalue weighted by Crippen LogP contribution is -2.14. The Morgan fingerprint density at radius 1 is 1.26 bits per heavy atom. The predicted octanol–water partition coefficient (Wildman–Crippen LogP) is 5.52. The number of aromatic nitrogens is 5. The number of thioether (sulfide) groups is 1. The van der Waals surface area contributed by atoms with Crippen molar-refractivity contribution in [1.29, 1.82) is 0 Å². The molecule has 0 bridgehead atoms. The standard InChI is InChI=1S/C20H16Cl2N6OS2/c1-2-28-18(12-4-3-7-23-9-12)26-27-20(28)31-11-17(29)25-19-24-16(10-30-19)14-6-5-13(21)8-15(14)22/h3-10H,2,11H2,1H3,(H,24,25,29). The van der Waals surface area contributed by atoms with E-state index in [9.17, 15) is 4.79 Å². The number of rotatable bonds is 7. The van der Waals surface area contributed by atoms with Crippen LogP contribution in [-0.4, -0.2) is 36.4 Å². The Balaban J connectivity index is 1.40. The number of anilines is 1. The molecule has 0 aliphatic rings. The average Bonchev–Trinajstić information content (AvgIpc) is 3.39. The van der Waals surface area contributed by atoms with Crippen LogP contribution in [0.5, 0.6) is 0 Å². The third-order valence-corrected chi connectivity index (χ3v) is 6.52. The zero-order valence-electron chi connectivity index (χ0n) is 16.2. The minimum Gasteiger partial charge on any atom is -0.302 e. The molecule has 1 N–H and O–H groups in total. The summed E-state index contributed by atoms with van der Waals surface area (Å²) in [5.74, 6) is 0.728. The lowest BCUT2D eigenvalue weighted by molar-refractivity contribution is -0.113. The zero-order chi connectivity index (χ0) is 21.8. The quantitative estimate of drug-likeness (QED) is 0.343. The number of carbonyl (C=O) groups is 1. The first-order valence-corrected chi connectivity index (χ1v) is 11.8. The fourth-order valence-electron chi connectivity index (χ4n) is 2.83. The van der Waals surface area contributed by atoms with Gasteiger partial charge in [-0.15, -0.1) is 21.5 Å². The molecular weight excluding hydrogens is 475 g/mol. The van der Waals surface area contributed by atoms with Crippen molar-refractivity contribution < 1.29 is 4.79 Å². The van der Waals surface area contributed by atoms with Gasteiger partial charge in [-0.3, -0.25) is 9.78 Å². The van der Waals surface area contributed by atoms with Crippen molar-refractivity contribution >= 4 is 57.3 Å². The first kappa shape index (κ1) is 21.8. The van der Waals surface area contributed by atoms with Gasteiger partial charge in [-0.1, -0.05) is 35.0 Å². The van der Waals surface area contributed by atoms with Gasteiger partial charge >= 0.3 is 0 Å². The van der Waals surface area contributed by atoms with Crippen molar-refractivity contribution in [2.75, 3.05) is 11.1 Å². The second kappa shape index (κ2) is 9.78. The van der Waals surface area contributed by atoms with E-state index in [2.05, 4.69) is 25.5 Å². The molecule has 31 heavy (non-hydrogen) atoms. The van der Waals surface area contributed by atoms with E-state index in [0.29, 0.717) is 32.6 Å². The Morgan fingerprint density at radius 3 is 2.87 bits per heavy atom. The molecule has 3 heterocycles. The summed E-state index contributed by atoms with van der Waals surface area (Å²) in [5.41, 5.74) is 2.32. The number of pyridine rings is 1. The van der Waals surface area contributed by atoms with E-state index in [4.69, 9.17) is 23.2 Å². The van der Waals surface area contributed by atoms with Gasteiger partial charge < -0.3 is 9.88 Å². The third-order valence-electron chi connectivity index (χ3n) is 4.24. The lowest BCUT2D eigenvalue weighted by atomic mass is 10.2. The fraction of sp³-hybridized carbons (Fsp3) is 0.150. The van der Waals surface area contributed by atoms with E-state index >= 15 is 0 Å². The molecule has 158 valence electrons. The van der Waals surface area contributed by atoms with Crippen LogP contribution in [0, 0.1) is 0 Å². The molecule has 0 fully saturated rings. The maximum Gasteiger partial charge on any atom is 0.236 e. The van der Waals surface area contributed by atoms with Gasteiger partial charge in [-0.05, 0) is 37.3 Å². The van der Waals surface area contributed by atoms with Crippen LogP contribution in [0.1, 0.15) is 6.92 Å². The molecule has 0 unspecified atom stereocenters. The van der Waals surface area contributed by atoms with E-state index in [-0.39, 0.29) is 11.7 Å². The van der Waals surface area contributed by atoms with Crippen LogP contribution in [-0.2, 0) is 11.3 Å². The van der Waals surface area contributed by atoms with Crippen LogP contribution in [0.25, 0.3) is 22.6 Å². The Labute approximate surface area is 196 Å². The van der Waals surface area contributed by atoms with E-state index < -0.39 is 0 Å². The van der Waals surface area contributed by atoms with Gasteiger partial charge in [-0.25, -0.2) is 4.98 Å². The highest BCUT2D eigenvalue weighted by atomic mass is 35.5. The summed E-state index contributed by atoms with van der Waals surface area (Å²) >= 11 is 14.8. The van der Waals surface area contributed by atoms with Gasteiger partial charge in [0.25, 0.3) is 0 Å². The van der Waals surface area contributed by atoms with E-state index in [1.807, 2.05) is 29.0 Å². The molecule has 0 aliphatic heterocycles. The van der Waals surface area contributed by atoms with Crippen LogP contribution < -0.4 is 5.32 Å². The number of amides is 1. The highest BCUT2D eigenvalue weighted by molar-refractivity contribution is 7.99. The molecule has 0 spiro atoms. The maximum absolute atomic E-state index is 12.4. The number of nitrogens with zero attached hydrogens (tertiary/aromatic N) is 5. The number of carbonyl (C=O) groups excluding carboxylic acids is 1. The Kier molecular flexibility index (Phi) is 6.86. The topological polar surface area (TPSA) is 85.6 Å². The fourth-order valence-corrected chi connectivity index (χ4v) is 4.86. The molecule has 7 nitrogen and oxygen atoms in total. The van der Waals surface area contributed by atoms with E-state index in [1.165, 1.54) is 23.1 Å². The molecular formula is C20H16Cl2N6OS2. The molecule has 4 rings (SSSR count). The zero-order valence-corrected chi connectivity index (χ0v) is 19.4. The first-order valence-electron chi connectivity index (χ1n) is 9.22. The highest BCUT2D eigenvalue weighted by Gasteiger charge is 2.16. The molecule has 11 heteroatoms. The number of benzene rings is 1. The molecule has 0 saturated carbocycles. The van der Waals surface area contributed by atoms with Crippen molar-refractivity contribution in [1.82, 2.24) is 24.7 Å².